The van der Waals surface area contributed by atoms with Crippen molar-refractivity contribution in [2.24, 2.45) is 0 Å². The van der Waals surface area contributed by atoms with E-state index >= 15 is 0 Å². The average molecular weight is 606 g/mol. The number of hydrogen-bond donors (Lipinski definition) is 2. The molecule has 3 aromatic heterocycles. The molecule has 0 saturated carbocycles. The molecule has 222 valence electrons. The molecule has 5 rings (SSSR count). The normalized spacial score (nSPS) is 16.0. The van der Waals surface area contributed by atoms with Crippen LogP contribution in [0.15, 0.2) is 53.7 Å². The van der Waals surface area contributed by atoms with Crippen molar-refractivity contribution in [3.05, 3.63) is 75.9 Å². The Morgan fingerprint density at radius 3 is 2.60 bits per heavy atom. The number of nitrogens with one attached hydrogen (secondary N) is 1. The molecule has 4 heterocycles. The van der Waals surface area contributed by atoms with Crippen LogP contribution in [0.2, 0.25) is 5.02 Å². The minimum Gasteiger partial charge on any atom is -0.382 e. The van der Waals surface area contributed by atoms with E-state index in [1.165, 1.54) is 41.5 Å². The van der Waals surface area contributed by atoms with E-state index in [0.717, 1.165) is 9.25 Å². The average Bonchev–Trinajstić information content (AvgIpc) is 3.53. The van der Waals surface area contributed by atoms with Crippen LogP contribution in [0.5, 0.6) is 0 Å². The van der Waals surface area contributed by atoms with Crippen molar-refractivity contribution in [2.75, 3.05) is 19.6 Å². The van der Waals surface area contributed by atoms with Gasteiger partial charge in [0.1, 0.15) is 12.9 Å². The lowest BCUT2D eigenvalue weighted by Gasteiger charge is -2.42. The molecule has 0 radical (unpaired) electrons. The Morgan fingerprint density at radius 2 is 1.90 bits per heavy atom. The fourth-order valence-electron chi connectivity index (χ4n) is 4.65. The summed E-state index contributed by atoms with van der Waals surface area (Å²) in [5.74, 6) is -0.274. The number of carbonyl (C=O) groups excluding carboxylic acids is 1. The second-order valence-corrected chi connectivity index (χ2v) is 10.8. The maximum absolute atomic E-state index is 13.5. The summed E-state index contributed by atoms with van der Waals surface area (Å²) in [6, 6.07) is 9.31. The van der Waals surface area contributed by atoms with Crippen LogP contribution in [-0.2, 0) is 13.1 Å². The van der Waals surface area contributed by atoms with E-state index in [1.54, 1.807) is 17.0 Å². The second kappa shape index (κ2) is 11.3. The molecule has 1 aromatic carbocycles. The first-order valence-electron chi connectivity index (χ1n) is 12.9. The molecular weight excluding hydrogens is 579 g/mol. The minimum atomic E-state index is -4.95. The maximum Gasteiger partial charge on any atom is 0.416 e. The van der Waals surface area contributed by atoms with Gasteiger partial charge in [-0.25, -0.2) is 24.1 Å². The summed E-state index contributed by atoms with van der Waals surface area (Å²) in [5, 5.41) is 22.0. The summed E-state index contributed by atoms with van der Waals surface area (Å²) in [4.78, 5) is 37.0. The van der Waals surface area contributed by atoms with Gasteiger partial charge >= 0.3 is 11.9 Å². The number of aliphatic hydroxyl groups is 1. The highest BCUT2D eigenvalue weighted by atomic mass is 35.5. The van der Waals surface area contributed by atoms with E-state index < -0.39 is 30.1 Å². The lowest BCUT2D eigenvalue weighted by molar-refractivity contribution is -0.207. The van der Waals surface area contributed by atoms with Crippen molar-refractivity contribution < 1.29 is 23.1 Å². The summed E-state index contributed by atoms with van der Waals surface area (Å²) in [6.45, 7) is 4.31. The van der Waals surface area contributed by atoms with Gasteiger partial charge in [0.2, 0.25) is 0 Å². The van der Waals surface area contributed by atoms with Gasteiger partial charge in [0.25, 0.3) is 5.91 Å². The van der Waals surface area contributed by atoms with Gasteiger partial charge in [-0.1, -0.05) is 11.6 Å². The van der Waals surface area contributed by atoms with E-state index in [0.29, 0.717) is 35.9 Å². The number of hydrogen-bond acceptors (Lipinski definition) is 8. The number of aromatic nitrogens is 7. The van der Waals surface area contributed by atoms with Crippen molar-refractivity contribution >= 4 is 17.5 Å². The number of piperazine rings is 1. The number of halogens is 4. The molecular formula is C26H27ClF3N9O3. The van der Waals surface area contributed by atoms with Gasteiger partial charge in [0, 0.05) is 36.4 Å². The predicted octanol–water partition coefficient (Wildman–Crippen LogP) is 2.14. The third kappa shape index (κ3) is 5.93. The van der Waals surface area contributed by atoms with Crippen molar-refractivity contribution in [3.63, 3.8) is 0 Å². The molecule has 0 spiro atoms. The summed E-state index contributed by atoms with van der Waals surface area (Å²) in [6.07, 6.45) is -4.89. The number of benzene rings is 1. The van der Waals surface area contributed by atoms with Crippen LogP contribution in [0.1, 0.15) is 30.2 Å². The third-order valence-electron chi connectivity index (χ3n) is 6.87. The van der Waals surface area contributed by atoms with Gasteiger partial charge in [-0.05, 0) is 50.2 Å². The van der Waals surface area contributed by atoms with Gasteiger partial charge in [-0.3, -0.25) is 9.36 Å². The van der Waals surface area contributed by atoms with Crippen LogP contribution >= 0.6 is 11.6 Å². The Kier molecular flexibility index (Phi) is 7.92. The molecule has 0 bridgehead atoms. The topological polar surface area (TPSA) is 136 Å². The first kappa shape index (κ1) is 29.4. The number of amides is 1. The van der Waals surface area contributed by atoms with Gasteiger partial charge in [0.15, 0.2) is 23.4 Å². The maximum atomic E-state index is 13.5. The zero-order valence-corrected chi connectivity index (χ0v) is 23.3. The van der Waals surface area contributed by atoms with Crippen LogP contribution in [0.4, 0.5) is 13.2 Å². The summed E-state index contributed by atoms with van der Waals surface area (Å²) in [7, 11) is 0. The van der Waals surface area contributed by atoms with E-state index in [1.807, 2.05) is 13.8 Å². The zero-order chi connectivity index (χ0) is 30.2. The largest absolute Gasteiger partial charge is 0.416 e. The smallest absolute Gasteiger partial charge is 0.382 e. The number of alkyl halides is 3. The monoisotopic (exact) mass is 605 g/mol. The lowest BCUT2D eigenvalue weighted by Crippen LogP contribution is -2.60. The van der Waals surface area contributed by atoms with E-state index in [4.69, 9.17) is 11.6 Å². The quantitative estimate of drug-likeness (QED) is 0.327. The predicted molar refractivity (Wildman–Crippen MR) is 145 cm³/mol. The molecule has 16 heteroatoms. The van der Waals surface area contributed by atoms with Crippen molar-refractivity contribution in [3.8, 4) is 17.1 Å². The molecule has 1 fully saturated rings. The van der Waals surface area contributed by atoms with Gasteiger partial charge in [-0.15, -0.1) is 10.2 Å². The first-order chi connectivity index (χ1) is 19.8. The van der Waals surface area contributed by atoms with Crippen molar-refractivity contribution in [2.45, 2.75) is 44.8 Å². The molecule has 0 aliphatic carbocycles. The highest BCUT2D eigenvalue weighted by Gasteiger charge is 2.39. The Labute approximate surface area is 242 Å². The highest BCUT2D eigenvalue weighted by Crippen LogP contribution is 2.25. The third-order valence-corrected chi connectivity index (χ3v) is 7.12. The SMILES string of the molecule is CC1(C)CNCCN1C(=O)c1ncccc1-n1cnc(Cn2nc(-c3ccc(Cl)cc3)n(C[C@@H](O)C(F)(F)F)c2=O)n1. The van der Waals surface area contributed by atoms with E-state index in [-0.39, 0.29) is 29.8 Å². The molecule has 1 saturated heterocycles. The molecule has 12 nitrogen and oxygen atoms in total. The molecule has 0 unspecified atom stereocenters. The molecule has 42 heavy (non-hydrogen) atoms. The Hall–Kier alpha value is -4.08. The Balaban J connectivity index is 1.46. The van der Waals surface area contributed by atoms with Crippen LogP contribution in [-0.4, -0.2) is 87.5 Å². The van der Waals surface area contributed by atoms with Crippen molar-refractivity contribution in [1.82, 2.24) is 44.3 Å². The fraction of sp³-hybridized carbons (Fsp3) is 0.385. The number of rotatable bonds is 7. The summed E-state index contributed by atoms with van der Waals surface area (Å²) >= 11 is 5.94. The van der Waals surface area contributed by atoms with Gasteiger partial charge in [0.05, 0.1) is 17.8 Å². The Bertz CT molecular complexity index is 1650. The fourth-order valence-corrected chi connectivity index (χ4v) is 4.78. The molecule has 1 atom stereocenters. The van der Waals surface area contributed by atoms with Crippen LogP contribution in [0.25, 0.3) is 17.1 Å². The standard InChI is InChI=1S/C26H27ClF3N9O3/c1-25(2)14-31-10-11-37(25)23(41)21-18(4-3-9-32-21)39-15-33-20(34-39)13-38-24(42)36(12-19(40)26(28,29)30)22(35-38)16-5-7-17(27)8-6-16/h3-9,15,19,31,40H,10-14H2,1-2H3/t19-/m1/s1. The number of aliphatic hydroxyl groups excluding tert-OH is 1. The van der Waals surface area contributed by atoms with Crippen LogP contribution < -0.4 is 11.0 Å². The zero-order valence-electron chi connectivity index (χ0n) is 22.6. The summed E-state index contributed by atoms with van der Waals surface area (Å²) in [5.41, 5.74) is -0.505. The Morgan fingerprint density at radius 1 is 1.17 bits per heavy atom. The minimum absolute atomic E-state index is 0.0989. The molecule has 1 aliphatic rings. The van der Waals surface area contributed by atoms with Crippen molar-refractivity contribution in [1.29, 1.82) is 0 Å². The molecule has 1 amide bonds. The molecule has 2 N–H and O–H groups in total. The lowest BCUT2D eigenvalue weighted by atomic mass is 9.99. The van der Waals surface area contributed by atoms with Crippen LogP contribution in [0, 0.1) is 0 Å². The van der Waals surface area contributed by atoms with Crippen LogP contribution in [0.3, 0.4) is 0 Å². The van der Waals surface area contributed by atoms with E-state index in [2.05, 4.69) is 25.5 Å². The number of nitrogens with zero attached hydrogens (tertiary/aromatic N) is 8. The molecule has 4 aromatic rings. The molecule has 1 aliphatic heterocycles. The summed E-state index contributed by atoms with van der Waals surface area (Å²) < 4.78 is 42.5. The number of carbonyl (C=O) groups is 1. The first-order valence-corrected chi connectivity index (χ1v) is 13.3. The highest BCUT2D eigenvalue weighted by molar-refractivity contribution is 6.30. The number of pyridine rings is 1. The van der Waals surface area contributed by atoms with Gasteiger partial charge in [-0.2, -0.15) is 13.2 Å². The van der Waals surface area contributed by atoms with E-state index in [9.17, 15) is 27.9 Å². The second-order valence-electron chi connectivity index (χ2n) is 10.4. The van der Waals surface area contributed by atoms with Gasteiger partial charge < -0.3 is 15.3 Å².